The lowest BCUT2D eigenvalue weighted by molar-refractivity contribution is 0.0714. The molecule has 1 heterocycles. The Hall–Kier alpha value is -2.49. The van der Waals surface area contributed by atoms with Gasteiger partial charge < -0.3 is 15.0 Å². The number of carbonyl (C=O) groups excluding carboxylic acids is 1. The molecule has 0 saturated carbocycles. The van der Waals surface area contributed by atoms with Gasteiger partial charge in [-0.1, -0.05) is 12.1 Å². The van der Waals surface area contributed by atoms with E-state index in [0.717, 1.165) is 31.6 Å². The predicted molar refractivity (Wildman–Crippen MR) is 101 cm³/mol. The van der Waals surface area contributed by atoms with Crippen LogP contribution in [0.5, 0.6) is 5.75 Å². The number of piperidine rings is 1. The Bertz CT molecular complexity index is 757. The highest BCUT2D eigenvalue weighted by atomic mass is 16.5. The van der Waals surface area contributed by atoms with Gasteiger partial charge in [0.2, 0.25) is 0 Å². The van der Waals surface area contributed by atoms with Crippen molar-refractivity contribution in [3.8, 4) is 5.75 Å². The fraction of sp³-hybridized carbons (Fsp3) is 0.381. The molecule has 3 rings (SSSR count). The molecule has 0 unspecified atom stereocenters. The molecule has 132 valence electrons. The normalized spacial score (nSPS) is 17.2. The van der Waals surface area contributed by atoms with Crippen LogP contribution in [0.1, 0.15) is 34.3 Å². The number of rotatable bonds is 4. The van der Waals surface area contributed by atoms with E-state index in [1.54, 1.807) is 7.11 Å². The van der Waals surface area contributed by atoms with Crippen LogP contribution in [0, 0.1) is 13.8 Å². The second kappa shape index (κ2) is 7.60. The Morgan fingerprint density at radius 3 is 2.76 bits per heavy atom. The zero-order valence-electron chi connectivity index (χ0n) is 15.2. The number of nitrogens with zero attached hydrogens (tertiary/aromatic N) is 1. The minimum Gasteiger partial charge on any atom is -0.497 e. The van der Waals surface area contributed by atoms with Crippen LogP contribution in [-0.4, -0.2) is 37.0 Å². The number of methoxy groups -OCH3 is 1. The van der Waals surface area contributed by atoms with Gasteiger partial charge in [-0.25, -0.2) is 0 Å². The van der Waals surface area contributed by atoms with Crippen LogP contribution in [0.15, 0.2) is 42.5 Å². The van der Waals surface area contributed by atoms with Crippen molar-refractivity contribution in [1.82, 2.24) is 4.90 Å². The first-order valence-corrected chi connectivity index (χ1v) is 8.84. The molecule has 2 aromatic rings. The molecule has 1 fully saturated rings. The quantitative estimate of drug-likeness (QED) is 0.915. The van der Waals surface area contributed by atoms with Crippen molar-refractivity contribution in [2.24, 2.45) is 0 Å². The predicted octanol–water partition coefficient (Wildman–Crippen LogP) is 4.03. The molecule has 1 aliphatic rings. The van der Waals surface area contributed by atoms with E-state index in [1.807, 2.05) is 29.2 Å². The van der Waals surface area contributed by atoms with Gasteiger partial charge in [0.05, 0.1) is 7.11 Å². The highest BCUT2D eigenvalue weighted by Crippen LogP contribution is 2.21. The van der Waals surface area contributed by atoms with Gasteiger partial charge in [-0.3, -0.25) is 4.79 Å². The molecule has 0 bridgehead atoms. The van der Waals surface area contributed by atoms with Crippen molar-refractivity contribution in [2.75, 3.05) is 25.5 Å². The topological polar surface area (TPSA) is 41.6 Å². The molecule has 1 atom stereocenters. The Kier molecular flexibility index (Phi) is 5.27. The van der Waals surface area contributed by atoms with Gasteiger partial charge in [-0.05, 0) is 68.1 Å². The summed E-state index contributed by atoms with van der Waals surface area (Å²) in [7, 11) is 1.62. The van der Waals surface area contributed by atoms with Crippen molar-refractivity contribution in [3.63, 3.8) is 0 Å². The van der Waals surface area contributed by atoms with Gasteiger partial charge in [-0.2, -0.15) is 0 Å². The molecule has 0 spiro atoms. The number of carbonyl (C=O) groups is 1. The summed E-state index contributed by atoms with van der Waals surface area (Å²) in [5.74, 6) is 0.790. The molecule has 2 aromatic carbocycles. The van der Waals surface area contributed by atoms with Crippen LogP contribution in [0.25, 0.3) is 0 Å². The van der Waals surface area contributed by atoms with Gasteiger partial charge in [0, 0.05) is 30.4 Å². The van der Waals surface area contributed by atoms with Crippen LogP contribution in [0.3, 0.4) is 0 Å². The van der Waals surface area contributed by atoms with Crippen molar-refractivity contribution >= 4 is 11.6 Å². The molecule has 0 radical (unpaired) electrons. The van der Waals surface area contributed by atoms with E-state index in [9.17, 15) is 4.79 Å². The number of amides is 1. The highest BCUT2D eigenvalue weighted by molar-refractivity contribution is 5.94. The third-order valence-electron chi connectivity index (χ3n) is 4.90. The minimum atomic E-state index is 0.0745. The molecule has 25 heavy (non-hydrogen) atoms. The SMILES string of the molecule is COc1cccc(C(=O)N2CCC[C@@H](Nc3ccc(C)c(C)c3)C2)c1. The monoisotopic (exact) mass is 338 g/mol. The van der Waals surface area contributed by atoms with Gasteiger partial charge in [0.25, 0.3) is 5.91 Å². The molecule has 4 nitrogen and oxygen atoms in total. The first-order valence-electron chi connectivity index (χ1n) is 8.84. The maximum atomic E-state index is 12.8. The van der Waals surface area contributed by atoms with E-state index in [4.69, 9.17) is 4.74 Å². The van der Waals surface area contributed by atoms with Crippen LogP contribution in [-0.2, 0) is 0 Å². The highest BCUT2D eigenvalue weighted by Gasteiger charge is 2.24. The maximum absolute atomic E-state index is 12.8. The van der Waals surface area contributed by atoms with Gasteiger partial charge >= 0.3 is 0 Å². The standard InChI is InChI=1S/C21H26N2O2/c1-15-9-10-18(12-16(15)2)22-19-7-5-11-23(14-19)21(24)17-6-4-8-20(13-17)25-3/h4,6,8-10,12-13,19,22H,5,7,11,14H2,1-3H3/t19-/m1/s1. The van der Waals surface area contributed by atoms with Gasteiger partial charge in [0.15, 0.2) is 0 Å². The largest absolute Gasteiger partial charge is 0.497 e. The van der Waals surface area contributed by atoms with E-state index in [1.165, 1.54) is 11.1 Å². The van der Waals surface area contributed by atoms with E-state index in [-0.39, 0.29) is 11.9 Å². The number of anilines is 1. The molecule has 1 saturated heterocycles. The number of ether oxygens (including phenoxy) is 1. The first-order chi connectivity index (χ1) is 12.1. The second-order valence-electron chi connectivity index (χ2n) is 6.77. The van der Waals surface area contributed by atoms with Crippen LogP contribution >= 0.6 is 0 Å². The molecular formula is C21H26N2O2. The summed E-state index contributed by atoms with van der Waals surface area (Å²) in [4.78, 5) is 14.7. The van der Waals surface area contributed by atoms with Crippen molar-refractivity contribution < 1.29 is 9.53 Å². The lowest BCUT2D eigenvalue weighted by Crippen LogP contribution is -2.45. The summed E-state index contributed by atoms with van der Waals surface area (Å²) < 4.78 is 5.23. The van der Waals surface area contributed by atoms with Crippen molar-refractivity contribution in [1.29, 1.82) is 0 Å². The summed E-state index contributed by atoms with van der Waals surface area (Å²) >= 11 is 0. The number of likely N-dealkylation sites (tertiary alicyclic amines) is 1. The minimum absolute atomic E-state index is 0.0745. The second-order valence-corrected chi connectivity index (χ2v) is 6.77. The molecule has 1 N–H and O–H groups in total. The average molecular weight is 338 g/mol. The van der Waals surface area contributed by atoms with Crippen LogP contribution < -0.4 is 10.1 Å². The maximum Gasteiger partial charge on any atom is 0.254 e. The van der Waals surface area contributed by atoms with Gasteiger partial charge in [0.1, 0.15) is 5.75 Å². The Morgan fingerprint density at radius 2 is 2.00 bits per heavy atom. The van der Waals surface area contributed by atoms with Crippen LogP contribution in [0.2, 0.25) is 0 Å². The molecule has 0 aliphatic carbocycles. The summed E-state index contributed by atoms with van der Waals surface area (Å²) in [5, 5.41) is 3.59. The van der Waals surface area contributed by atoms with Gasteiger partial charge in [-0.15, -0.1) is 0 Å². The number of aryl methyl sites for hydroxylation is 2. The Morgan fingerprint density at radius 1 is 1.16 bits per heavy atom. The van der Waals surface area contributed by atoms with E-state index in [2.05, 4.69) is 37.4 Å². The Labute approximate surface area is 149 Å². The lowest BCUT2D eigenvalue weighted by Gasteiger charge is -2.34. The van der Waals surface area contributed by atoms with E-state index >= 15 is 0 Å². The molecule has 1 aliphatic heterocycles. The number of benzene rings is 2. The third kappa shape index (κ3) is 4.13. The lowest BCUT2D eigenvalue weighted by atomic mass is 10.0. The van der Waals surface area contributed by atoms with Crippen LogP contribution in [0.4, 0.5) is 5.69 Å². The fourth-order valence-corrected chi connectivity index (χ4v) is 3.29. The van der Waals surface area contributed by atoms with Crippen molar-refractivity contribution in [3.05, 3.63) is 59.2 Å². The summed E-state index contributed by atoms with van der Waals surface area (Å²) in [6, 6.07) is 14.1. The molecule has 0 aromatic heterocycles. The fourth-order valence-electron chi connectivity index (χ4n) is 3.29. The zero-order valence-corrected chi connectivity index (χ0v) is 15.2. The number of nitrogens with one attached hydrogen (secondary N) is 1. The van der Waals surface area contributed by atoms with E-state index in [0.29, 0.717) is 11.3 Å². The summed E-state index contributed by atoms with van der Waals surface area (Å²) in [6.07, 6.45) is 2.09. The van der Waals surface area contributed by atoms with E-state index < -0.39 is 0 Å². The molecular weight excluding hydrogens is 312 g/mol. The number of hydrogen-bond acceptors (Lipinski definition) is 3. The third-order valence-corrected chi connectivity index (χ3v) is 4.90. The zero-order chi connectivity index (χ0) is 17.8. The average Bonchev–Trinajstić information content (AvgIpc) is 2.64. The molecule has 4 heteroatoms. The Balaban J connectivity index is 1.67. The smallest absolute Gasteiger partial charge is 0.254 e. The summed E-state index contributed by atoms with van der Waals surface area (Å²) in [5.41, 5.74) is 4.39. The first kappa shape index (κ1) is 17.3. The number of hydrogen-bond donors (Lipinski definition) is 1. The molecule has 1 amide bonds. The summed E-state index contributed by atoms with van der Waals surface area (Å²) in [6.45, 7) is 5.78. The van der Waals surface area contributed by atoms with Crippen molar-refractivity contribution in [2.45, 2.75) is 32.7 Å².